The zero-order valence-corrected chi connectivity index (χ0v) is 20.7. The molecule has 6 heteroatoms. The number of imidazole rings is 1. The average Bonchev–Trinajstić information content (AvgIpc) is 3.22. The van der Waals surface area contributed by atoms with Crippen LogP contribution in [0.1, 0.15) is 36.7 Å². The van der Waals surface area contributed by atoms with Gasteiger partial charge in [0.05, 0.1) is 31.1 Å². The Morgan fingerprint density at radius 3 is 2.40 bits per heavy atom. The Kier molecular flexibility index (Phi) is 8.03. The Bertz CT molecular complexity index is 1240. The van der Waals surface area contributed by atoms with Gasteiger partial charge in [0.2, 0.25) is 5.91 Å². The predicted molar refractivity (Wildman–Crippen MR) is 139 cm³/mol. The number of carbonyl (C=O) groups excluding carboxylic acids is 1. The topological polar surface area (TPSA) is 65.4 Å². The summed E-state index contributed by atoms with van der Waals surface area (Å²) < 4.78 is 13.4. The second kappa shape index (κ2) is 11.6. The van der Waals surface area contributed by atoms with Crippen molar-refractivity contribution in [1.29, 1.82) is 0 Å². The van der Waals surface area contributed by atoms with Crippen LogP contribution in [0, 0.1) is 0 Å². The molecule has 0 radical (unpaired) electrons. The summed E-state index contributed by atoms with van der Waals surface area (Å²) in [5.41, 5.74) is 4.28. The van der Waals surface area contributed by atoms with Gasteiger partial charge < -0.3 is 19.4 Å². The minimum atomic E-state index is -0.00833. The van der Waals surface area contributed by atoms with Gasteiger partial charge in [0.25, 0.3) is 0 Å². The molecule has 1 amide bonds. The van der Waals surface area contributed by atoms with E-state index in [1.807, 2.05) is 54.6 Å². The van der Waals surface area contributed by atoms with Crippen molar-refractivity contribution in [2.75, 3.05) is 20.3 Å². The van der Waals surface area contributed by atoms with E-state index in [9.17, 15) is 4.79 Å². The highest BCUT2D eigenvalue weighted by atomic mass is 16.5. The normalized spacial score (nSPS) is 11.1. The molecule has 0 fully saturated rings. The van der Waals surface area contributed by atoms with E-state index in [-0.39, 0.29) is 5.91 Å². The van der Waals surface area contributed by atoms with Gasteiger partial charge in [-0.3, -0.25) is 4.79 Å². The number of nitrogens with zero attached hydrogens (tertiary/aromatic N) is 2. The van der Waals surface area contributed by atoms with E-state index in [1.54, 1.807) is 7.11 Å². The number of carbonyl (C=O) groups is 1. The van der Waals surface area contributed by atoms with Crippen molar-refractivity contribution < 1.29 is 14.3 Å². The van der Waals surface area contributed by atoms with Crippen molar-refractivity contribution >= 4 is 16.9 Å². The monoisotopic (exact) mass is 471 g/mol. The summed E-state index contributed by atoms with van der Waals surface area (Å²) >= 11 is 0. The molecule has 4 aromatic rings. The SMILES string of the molecule is COc1ccc(CC(=O)NCCc2nc3ccccc3n2CCOc2ccc(C(C)C)cc2)cc1. The predicted octanol–water partition coefficient (Wildman–Crippen LogP) is 5.15. The number of para-hydroxylation sites is 2. The Morgan fingerprint density at radius 2 is 1.69 bits per heavy atom. The molecule has 1 heterocycles. The van der Waals surface area contributed by atoms with E-state index in [0.717, 1.165) is 33.9 Å². The van der Waals surface area contributed by atoms with Crippen molar-refractivity contribution in [1.82, 2.24) is 14.9 Å². The molecule has 3 aromatic carbocycles. The quantitative estimate of drug-likeness (QED) is 0.329. The lowest BCUT2D eigenvalue weighted by Gasteiger charge is -2.12. The molecule has 0 aliphatic carbocycles. The van der Waals surface area contributed by atoms with Gasteiger partial charge in [-0.25, -0.2) is 4.98 Å². The van der Waals surface area contributed by atoms with Crippen LogP contribution in [0.3, 0.4) is 0 Å². The van der Waals surface area contributed by atoms with Crippen molar-refractivity contribution in [3.8, 4) is 11.5 Å². The third-order valence-electron chi connectivity index (χ3n) is 6.06. The molecule has 0 atom stereocenters. The number of methoxy groups -OCH3 is 1. The number of nitrogens with one attached hydrogen (secondary N) is 1. The fourth-order valence-electron chi connectivity index (χ4n) is 4.07. The summed E-state index contributed by atoms with van der Waals surface area (Å²) in [6, 6.07) is 24.0. The fourth-order valence-corrected chi connectivity index (χ4v) is 4.07. The van der Waals surface area contributed by atoms with Crippen LogP contribution in [0.4, 0.5) is 0 Å². The van der Waals surface area contributed by atoms with Crippen molar-refractivity contribution in [2.45, 2.75) is 39.2 Å². The molecule has 0 aliphatic rings. The van der Waals surface area contributed by atoms with Crippen LogP contribution in [-0.4, -0.2) is 35.7 Å². The first-order chi connectivity index (χ1) is 17.0. The summed E-state index contributed by atoms with van der Waals surface area (Å²) in [6.45, 7) is 6.11. The Hall–Kier alpha value is -3.80. The minimum Gasteiger partial charge on any atom is -0.497 e. The summed E-state index contributed by atoms with van der Waals surface area (Å²) in [4.78, 5) is 17.2. The van der Waals surface area contributed by atoms with E-state index in [0.29, 0.717) is 38.5 Å². The Labute approximate surface area is 206 Å². The van der Waals surface area contributed by atoms with E-state index in [2.05, 4.69) is 41.9 Å². The largest absolute Gasteiger partial charge is 0.497 e. The molecule has 182 valence electrons. The number of hydrogen-bond donors (Lipinski definition) is 1. The molecule has 0 saturated heterocycles. The molecule has 0 unspecified atom stereocenters. The van der Waals surface area contributed by atoms with Crippen LogP contribution in [0.2, 0.25) is 0 Å². The number of benzene rings is 3. The summed E-state index contributed by atoms with van der Waals surface area (Å²) in [6.07, 6.45) is 0.982. The zero-order chi connectivity index (χ0) is 24.6. The van der Waals surface area contributed by atoms with Gasteiger partial charge >= 0.3 is 0 Å². The van der Waals surface area contributed by atoms with Gasteiger partial charge in [0.15, 0.2) is 0 Å². The number of ether oxygens (including phenoxy) is 2. The van der Waals surface area contributed by atoms with Crippen molar-refractivity contribution in [3.05, 3.63) is 89.7 Å². The maximum atomic E-state index is 12.4. The molecular formula is C29H33N3O3. The number of fused-ring (bicyclic) bond motifs is 1. The van der Waals surface area contributed by atoms with Gasteiger partial charge in [-0.05, 0) is 53.4 Å². The van der Waals surface area contributed by atoms with Crippen LogP contribution in [-0.2, 0) is 24.2 Å². The second-order valence-corrected chi connectivity index (χ2v) is 8.87. The van der Waals surface area contributed by atoms with Crippen LogP contribution >= 0.6 is 0 Å². The van der Waals surface area contributed by atoms with E-state index < -0.39 is 0 Å². The van der Waals surface area contributed by atoms with Gasteiger partial charge in [-0.2, -0.15) is 0 Å². The third-order valence-corrected chi connectivity index (χ3v) is 6.06. The lowest BCUT2D eigenvalue weighted by Crippen LogP contribution is -2.28. The minimum absolute atomic E-state index is 0.00833. The van der Waals surface area contributed by atoms with E-state index in [4.69, 9.17) is 14.5 Å². The second-order valence-electron chi connectivity index (χ2n) is 8.87. The third kappa shape index (κ3) is 6.41. The fraction of sp³-hybridized carbons (Fsp3) is 0.310. The van der Waals surface area contributed by atoms with Crippen molar-refractivity contribution in [3.63, 3.8) is 0 Å². The lowest BCUT2D eigenvalue weighted by molar-refractivity contribution is -0.120. The molecule has 1 N–H and O–H groups in total. The van der Waals surface area contributed by atoms with Gasteiger partial charge in [-0.1, -0.05) is 50.2 Å². The van der Waals surface area contributed by atoms with Crippen LogP contribution in [0.15, 0.2) is 72.8 Å². The highest BCUT2D eigenvalue weighted by Crippen LogP contribution is 2.20. The number of rotatable bonds is 11. The van der Waals surface area contributed by atoms with Crippen LogP contribution < -0.4 is 14.8 Å². The molecule has 6 nitrogen and oxygen atoms in total. The number of hydrogen-bond acceptors (Lipinski definition) is 4. The Morgan fingerprint density at radius 1 is 0.971 bits per heavy atom. The van der Waals surface area contributed by atoms with Gasteiger partial charge in [0.1, 0.15) is 23.9 Å². The highest BCUT2D eigenvalue weighted by Gasteiger charge is 2.12. The zero-order valence-electron chi connectivity index (χ0n) is 20.7. The van der Waals surface area contributed by atoms with E-state index >= 15 is 0 Å². The first kappa shape index (κ1) is 24.3. The molecule has 0 saturated carbocycles. The standard InChI is InChI=1S/C29H33N3O3/c1-21(2)23-10-14-25(15-11-23)35-19-18-32-27-7-5-4-6-26(27)31-28(32)16-17-30-29(33)20-22-8-12-24(34-3)13-9-22/h4-15,21H,16-20H2,1-3H3,(H,30,33). The van der Waals surface area contributed by atoms with E-state index in [1.165, 1.54) is 5.56 Å². The molecule has 4 rings (SSSR count). The molecular weight excluding hydrogens is 438 g/mol. The summed E-state index contributed by atoms with van der Waals surface area (Å²) in [7, 11) is 1.63. The lowest BCUT2D eigenvalue weighted by atomic mass is 10.0. The average molecular weight is 472 g/mol. The van der Waals surface area contributed by atoms with Crippen LogP contribution in [0.5, 0.6) is 11.5 Å². The molecule has 0 aliphatic heterocycles. The van der Waals surface area contributed by atoms with Gasteiger partial charge in [0, 0.05) is 13.0 Å². The Balaban J connectivity index is 1.34. The van der Waals surface area contributed by atoms with Crippen LogP contribution in [0.25, 0.3) is 11.0 Å². The summed E-state index contributed by atoms with van der Waals surface area (Å²) in [5, 5.41) is 3.02. The maximum absolute atomic E-state index is 12.4. The maximum Gasteiger partial charge on any atom is 0.224 e. The van der Waals surface area contributed by atoms with Crippen molar-refractivity contribution in [2.24, 2.45) is 0 Å². The first-order valence-electron chi connectivity index (χ1n) is 12.1. The van der Waals surface area contributed by atoms with Gasteiger partial charge in [-0.15, -0.1) is 0 Å². The first-order valence-corrected chi connectivity index (χ1v) is 12.1. The molecule has 1 aromatic heterocycles. The summed E-state index contributed by atoms with van der Waals surface area (Å²) in [5.74, 6) is 3.08. The highest BCUT2D eigenvalue weighted by molar-refractivity contribution is 5.78. The molecule has 35 heavy (non-hydrogen) atoms. The smallest absolute Gasteiger partial charge is 0.224 e. The molecule has 0 spiro atoms. The number of aromatic nitrogens is 2. The number of amides is 1. The molecule has 0 bridgehead atoms.